The number of carbonyl (C=O) groups is 3. The van der Waals surface area contributed by atoms with Crippen LogP contribution in [-0.4, -0.2) is 23.8 Å². The highest BCUT2D eigenvalue weighted by molar-refractivity contribution is 6.31. The van der Waals surface area contributed by atoms with Crippen LogP contribution in [0, 0.1) is 11.8 Å². The summed E-state index contributed by atoms with van der Waals surface area (Å²) in [6, 6.07) is 13.6. The molecule has 0 unspecified atom stereocenters. The van der Waals surface area contributed by atoms with Crippen LogP contribution in [0.5, 0.6) is 0 Å². The number of amides is 3. The van der Waals surface area contributed by atoms with Crippen molar-refractivity contribution < 1.29 is 14.4 Å². The summed E-state index contributed by atoms with van der Waals surface area (Å²) in [6.45, 7) is 1.84. The van der Waals surface area contributed by atoms with Crippen molar-refractivity contribution in [2.45, 2.75) is 18.5 Å². The molecule has 3 heterocycles. The van der Waals surface area contributed by atoms with Gasteiger partial charge in [0, 0.05) is 22.3 Å². The summed E-state index contributed by atoms with van der Waals surface area (Å²) < 4.78 is 0. The Kier molecular flexibility index (Phi) is 3.30. The Labute approximate surface area is 160 Å². The minimum atomic E-state index is -1.24. The van der Waals surface area contributed by atoms with Crippen LogP contribution in [0.15, 0.2) is 48.5 Å². The average molecular weight is 382 g/mol. The van der Waals surface area contributed by atoms with Gasteiger partial charge in [-0.25, -0.2) is 4.90 Å². The van der Waals surface area contributed by atoms with Gasteiger partial charge in [-0.1, -0.05) is 35.9 Å². The summed E-state index contributed by atoms with van der Waals surface area (Å²) in [5.74, 6) is -2.40. The molecule has 2 saturated heterocycles. The quantitative estimate of drug-likeness (QED) is 0.743. The first-order chi connectivity index (χ1) is 12.9. The highest BCUT2D eigenvalue weighted by Gasteiger charge is 2.69. The van der Waals surface area contributed by atoms with E-state index in [9.17, 15) is 14.4 Å². The summed E-state index contributed by atoms with van der Waals surface area (Å²) in [4.78, 5) is 40.8. The third-order valence-electron chi connectivity index (χ3n) is 5.84. The molecule has 3 aliphatic rings. The molecule has 136 valence electrons. The number of anilines is 2. The Morgan fingerprint density at radius 3 is 2.59 bits per heavy atom. The van der Waals surface area contributed by atoms with Gasteiger partial charge in [0.1, 0.15) is 5.54 Å². The van der Waals surface area contributed by atoms with Crippen LogP contribution >= 0.6 is 11.6 Å². The summed E-state index contributed by atoms with van der Waals surface area (Å²) in [5.41, 5.74) is 0.578. The molecule has 5 rings (SSSR count). The van der Waals surface area contributed by atoms with Crippen LogP contribution in [0.2, 0.25) is 5.02 Å². The van der Waals surface area contributed by atoms with Crippen LogP contribution < -0.4 is 15.5 Å². The van der Waals surface area contributed by atoms with Gasteiger partial charge in [0.15, 0.2) is 0 Å². The molecule has 3 amide bonds. The number of hydrogen-bond acceptors (Lipinski definition) is 4. The number of nitrogens with zero attached hydrogens (tertiary/aromatic N) is 1. The van der Waals surface area contributed by atoms with Gasteiger partial charge >= 0.3 is 0 Å². The monoisotopic (exact) mass is 381 g/mol. The van der Waals surface area contributed by atoms with E-state index in [1.165, 1.54) is 4.90 Å². The summed E-state index contributed by atoms with van der Waals surface area (Å²) in [5, 5.41) is 6.57. The zero-order chi connectivity index (χ0) is 18.9. The topological polar surface area (TPSA) is 78.5 Å². The highest BCUT2D eigenvalue weighted by atomic mass is 35.5. The molecule has 2 fully saturated rings. The van der Waals surface area contributed by atoms with E-state index in [1.54, 1.807) is 30.3 Å². The van der Waals surface area contributed by atoms with Gasteiger partial charge in [0.25, 0.3) is 0 Å². The second-order valence-corrected chi connectivity index (χ2v) is 7.67. The Hall–Kier alpha value is -2.70. The molecule has 7 heteroatoms. The van der Waals surface area contributed by atoms with Crippen molar-refractivity contribution in [2.75, 3.05) is 10.2 Å². The normalized spacial score (nSPS) is 31.4. The van der Waals surface area contributed by atoms with Gasteiger partial charge < -0.3 is 5.32 Å². The number of carbonyl (C=O) groups excluding carboxylic acids is 3. The van der Waals surface area contributed by atoms with Crippen molar-refractivity contribution in [1.29, 1.82) is 0 Å². The minimum absolute atomic E-state index is 0.294. The maximum absolute atomic E-state index is 13.4. The molecule has 2 N–H and O–H groups in total. The van der Waals surface area contributed by atoms with Crippen LogP contribution in [-0.2, 0) is 19.9 Å². The molecule has 3 aliphatic heterocycles. The number of rotatable bonds is 1. The number of benzene rings is 2. The molecule has 1 spiro atoms. The fourth-order valence-electron chi connectivity index (χ4n) is 4.79. The maximum Gasteiger partial charge on any atom is 0.250 e. The number of nitrogens with one attached hydrogen (secondary N) is 2. The summed E-state index contributed by atoms with van der Waals surface area (Å²) >= 11 is 6.05. The zero-order valence-electron chi connectivity index (χ0n) is 14.4. The molecule has 0 aromatic heterocycles. The summed E-state index contributed by atoms with van der Waals surface area (Å²) in [7, 11) is 0. The molecule has 2 aromatic carbocycles. The molecule has 27 heavy (non-hydrogen) atoms. The largest absolute Gasteiger partial charge is 0.324 e. The van der Waals surface area contributed by atoms with Crippen molar-refractivity contribution in [2.24, 2.45) is 11.8 Å². The second kappa shape index (κ2) is 5.41. The first-order valence-electron chi connectivity index (χ1n) is 8.77. The SMILES string of the molecule is C[C@@H]1N[C@]2(C(=O)Nc3ccccc32)[C@@H]2C(=O)N(c3cccc(Cl)c3)C(=O)[C@H]12. The molecule has 2 aromatic rings. The molecule has 6 nitrogen and oxygen atoms in total. The number of para-hydroxylation sites is 1. The Morgan fingerprint density at radius 1 is 1.04 bits per heavy atom. The van der Waals surface area contributed by atoms with Gasteiger partial charge in [-0.2, -0.15) is 0 Å². The van der Waals surface area contributed by atoms with E-state index in [4.69, 9.17) is 11.6 Å². The van der Waals surface area contributed by atoms with E-state index >= 15 is 0 Å². The first kappa shape index (κ1) is 16.5. The third kappa shape index (κ3) is 1.97. The average Bonchev–Trinajstić information content (AvgIpc) is 3.20. The lowest BCUT2D eigenvalue weighted by Crippen LogP contribution is -2.53. The van der Waals surface area contributed by atoms with Crippen molar-refractivity contribution in [3.63, 3.8) is 0 Å². The van der Waals surface area contributed by atoms with Crippen LogP contribution in [0.25, 0.3) is 0 Å². The van der Waals surface area contributed by atoms with Crippen LogP contribution in [0.3, 0.4) is 0 Å². The lowest BCUT2D eigenvalue weighted by molar-refractivity contribution is -0.130. The van der Waals surface area contributed by atoms with E-state index in [1.807, 2.05) is 25.1 Å². The molecule has 0 bridgehead atoms. The molecule has 0 saturated carbocycles. The first-order valence-corrected chi connectivity index (χ1v) is 9.15. The highest BCUT2D eigenvalue weighted by Crippen LogP contribution is 2.53. The van der Waals surface area contributed by atoms with Crippen molar-refractivity contribution in [1.82, 2.24) is 5.32 Å². The van der Waals surface area contributed by atoms with E-state index in [2.05, 4.69) is 10.6 Å². The number of imide groups is 1. The molecular weight excluding hydrogens is 366 g/mol. The number of hydrogen-bond donors (Lipinski definition) is 2. The van der Waals surface area contributed by atoms with Gasteiger partial charge in [-0.15, -0.1) is 0 Å². The third-order valence-corrected chi connectivity index (χ3v) is 6.07. The smallest absolute Gasteiger partial charge is 0.250 e. The van der Waals surface area contributed by atoms with E-state index in [-0.39, 0.29) is 23.8 Å². The standard InChI is InChI=1S/C20H16ClN3O3/c1-10-15-16(18(26)24(17(15)25)12-6-4-5-11(21)9-12)20(23-10)13-7-2-3-8-14(13)22-19(20)27/h2-10,15-16,23H,1H3,(H,22,27)/t10-,15+,16-,20-/m0/s1. The number of fused-ring (bicyclic) bond motifs is 4. The van der Waals surface area contributed by atoms with Crippen molar-refractivity contribution in [3.8, 4) is 0 Å². The van der Waals surface area contributed by atoms with Crippen LogP contribution in [0.4, 0.5) is 11.4 Å². The Bertz CT molecular complexity index is 1020. The predicted octanol–water partition coefficient (Wildman–Crippen LogP) is 2.28. The van der Waals surface area contributed by atoms with Crippen molar-refractivity contribution in [3.05, 3.63) is 59.1 Å². The molecule has 0 aliphatic carbocycles. The molecule has 4 atom stereocenters. The summed E-state index contributed by atoms with van der Waals surface area (Å²) in [6.07, 6.45) is 0. The Morgan fingerprint density at radius 2 is 1.81 bits per heavy atom. The fourth-order valence-corrected chi connectivity index (χ4v) is 4.97. The number of halogens is 1. The van der Waals surface area contributed by atoms with E-state index < -0.39 is 17.4 Å². The van der Waals surface area contributed by atoms with E-state index in [0.29, 0.717) is 22.0 Å². The Balaban J connectivity index is 1.67. The van der Waals surface area contributed by atoms with Gasteiger partial charge in [0.2, 0.25) is 17.7 Å². The van der Waals surface area contributed by atoms with Crippen molar-refractivity contribution >= 4 is 40.7 Å². The van der Waals surface area contributed by atoms with Gasteiger partial charge in [-0.3, -0.25) is 19.7 Å². The minimum Gasteiger partial charge on any atom is -0.324 e. The zero-order valence-corrected chi connectivity index (χ0v) is 15.2. The maximum atomic E-state index is 13.4. The van der Waals surface area contributed by atoms with Gasteiger partial charge in [0.05, 0.1) is 17.5 Å². The lowest BCUT2D eigenvalue weighted by Gasteiger charge is -2.29. The molecular formula is C20H16ClN3O3. The van der Waals surface area contributed by atoms with Gasteiger partial charge in [-0.05, 0) is 31.2 Å². The molecule has 0 radical (unpaired) electrons. The van der Waals surface area contributed by atoms with Crippen LogP contribution in [0.1, 0.15) is 12.5 Å². The lowest BCUT2D eigenvalue weighted by atomic mass is 9.76. The predicted molar refractivity (Wildman–Crippen MR) is 100 cm³/mol. The fraction of sp³-hybridized carbons (Fsp3) is 0.250. The second-order valence-electron chi connectivity index (χ2n) is 7.24. The van der Waals surface area contributed by atoms with E-state index in [0.717, 1.165) is 0 Å².